The summed E-state index contributed by atoms with van der Waals surface area (Å²) in [7, 11) is 0. The predicted octanol–water partition coefficient (Wildman–Crippen LogP) is 5.11. The molecule has 3 nitrogen and oxygen atoms in total. The van der Waals surface area contributed by atoms with Crippen LogP contribution in [0, 0.1) is 0 Å². The van der Waals surface area contributed by atoms with Crippen molar-refractivity contribution >= 4 is 23.4 Å². The number of hydrogen-bond acceptors (Lipinski definition) is 2. The van der Waals surface area contributed by atoms with E-state index in [2.05, 4.69) is 5.32 Å². The van der Waals surface area contributed by atoms with Gasteiger partial charge in [0, 0.05) is 10.7 Å². The minimum atomic E-state index is -4.55. The van der Waals surface area contributed by atoms with Gasteiger partial charge in [-0.15, -0.1) is 0 Å². The van der Waals surface area contributed by atoms with Crippen LogP contribution in [-0.2, 0) is 17.5 Å². The van der Waals surface area contributed by atoms with Crippen molar-refractivity contribution in [1.82, 2.24) is 0 Å². The summed E-state index contributed by atoms with van der Waals surface area (Å²) in [5.74, 6) is 0. The van der Waals surface area contributed by atoms with Gasteiger partial charge in [-0.3, -0.25) is 5.32 Å². The van der Waals surface area contributed by atoms with E-state index < -0.39 is 17.8 Å². The Hall–Kier alpha value is -2.21. The molecule has 0 aliphatic heterocycles. The lowest BCUT2D eigenvalue weighted by Crippen LogP contribution is -2.14. The van der Waals surface area contributed by atoms with Gasteiger partial charge in [0.05, 0.1) is 5.56 Å². The number of amides is 1. The highest BCUT2D eigenvalue weighted by atomic mass is 35.5. The first-order valence-corrected chi connectivity index (χ1v) is 6.58. The maximum Gasteiger partial charge on any atom is 0.416 e. The molecule has 0 unspecified atom stereocenters. The Morgan fingerprint density at radius 3 is 2.45 bits per heavy atom. The molecule has 0 radical (unpaired) electrons. The fourth-order valence-electron chi connectivity index (χ4n) is 1.70. The summed E-state index contributed by atoms with van der Waals surface area (Å²) >= 11 is 5.62. The summed E-state index contributed by atoms with van der Waals surface area (Å²) in [4.78, 5) is 11.6. The van der Waals surface area contributed by atoms with Crippen LogP contribution >= 0.6 is 11.6 Å². The van der Waals surface area contributed by atoms with Crippen molar-refractivity contribution in [3.63, 3.8) is 0 Å². The van der Waals surface area contributed by atoms with E-state index >= 15 is 0 Å². The molecule has 1 N–H and O–H groups in total. The van der Waals surface area contributed by atoms with E-state index in [0.29, 0.717) is 0 Å². The van der Waals surface area contributed by atoms with E-state index in [0.717, 1.165) is 17.7 Å². The quantitative estimate of drug-likeness (QED) is 0.850. The summed E-state index contributed by atoms with van der Waals surface area (Å²) < 4.78 is 42.9. The minimum absolute atomic E-state index is 0.0133. The smallest absolute Gasteiger partial charge is 0.416 e. The van der Waals surface area contributed by atoms with Crippen LogP contribution in [0.5, 0.6) is 0 Å². The van der Waals surface area contributed by atoms with Crippen molar-refractivity contribution < 1.29 is 22.7 Å². The molecule has 0 fully saturated rings. The van der Waals surface area contributed by atoms with Crippen LogP contribution in [0.25, 0.3) is 0 Å². The zero-order valence-corrected chi connectivity index (χ0v) is 11.9. The van der Waals surface area contributed by atoms with Gasteiger partial charge in [-0.25, -0.2) is 4.79 Å². The molecule has 0 aromatic heterocycles. The average molecular weight is 330 g/mol. The van der Waals surface area contributed by atoms with Crippen molar-refractivity contribution in [3.8, 4) is 0 Å². The number of alkyl halides is 3. The van der Waals surface area contributed by atoms with Gasteiger partial charge < -0.3 is 4.74 Å². The van der Waals surface area contributed by atoms with Gasteiger partial charge in [-0.2, -0.15) is 13.2 Å². The third-order valence-corrected chi connectivity index (χ3v) is 2.90. The van der Waals surface area contributed by atoms with E-state index in [1.165, 1.54) is 6.07 Å². The van der Waals surface area contributed by atoms with Gasteiger partial charge in [0.1, 0.15) is 6.61 Å². The lowest BCUT2D eigenvalue weighted by Gasteiger charge is -2.11. The van der Waals surface area contributed by atoms with Crippen LogP contribution in [0.4, 0.5) is 23.7 Å². The monoisotopic (exact) mass is 329 g/mol. The maximum atomic E-state index is 12.7. The Bertz CT molecular complexity index is 660. The number of hydrogen-bond donors (Lipinski definition) is 1. The maximum absolute atomic E-state index is 12.7. The van der Waals surface area contributed by atoms with Crippen molar-refractivity contribution in [1.29, 1.82) is 0 Å². The highest BCUT2D eigenvalue weighted by Crippen LogP contribution is 2.33. The molecule has 0 bridgehead atoms. The van der Waals surface area contributed by atoms with Gasteiger partial charge in [-0.05, 0) is 23.8 Å². The van der Waals surface area contributed by atoms with E-state index in [9.17, 15) is 18.0 Å². The molecule has 2 aromatic carbocycles. The highest BCUT2D eigenvalue weighted by molar-refractivity contribution is 6.31. The summed E-state index contributed by atoms with van der Waals surface area (Å²) in [6.07, 6.45) is -5.41. The van der Waals surface area contributed by atoms with E-state index in [1.54, 1.807) is 24.3 Å². The predicted molar refractivity (Wildman–Crippen MR) is 76.7 cm³/mol. The zero-order valence-electron chi connectivity index (χ0n) is 11.2. The van der Waals surface area contributed by atoms with Crippen molar-refractivity contribution in [2.45, 2.75) is 12.8 Å². The molecule has 0 atom stereocenters. The van der Waals surface area contributed by atoms with Crippen LogP contribution in [0.2, 0.25) is 5.02 Å². The highest BCUT2D eigenvalue weighted by Gasteiger charge is 2.31. The van der Waals surface area contributed by atoms with Gasteiger partial charge in [0.15, 0.2) is 0 Å². The van der Waals surface area contributed by atoms with E-state index in [1.807, 2.05) is 6.07 Å². The third-order valence-electron chi connectivity index (χ3n) is 2.68. The zero-order chi connectivity index (χ0) is 16.2. The summed E-state index contributed by atoms with van der Waals surface area (Å²) in [5.41, 5.74) is -0.268. The first-order chi connectivity index (χ1) is 10.3. The molecule has 2 rings (SSSR count). The normalized spacial score (nSPS) is 11.1. The van der Waals surface area contributed by atoms with Crippen LogP contribution in [0.3, 0.4) is 0 Å². The SMILES string of the molecule is O=C(Nc1cc(Cl)cc(C(F)(F)F)c1)OCc1ccccc1. The molecular formula is C15H11ClF3NO2. The second-order valence-electron chi connectivity index (χ2n) is 4.41. The van der Waals surface area contributed by atoms with Crippen molar-refractivity contribution in [2.75, 3.05) is 5.32 Å². The van der Waals surface area contributed by atoms with Crippen LogP contribution < -0.4 is 5.32 Å². The second kappa shape index (κ2) is 6.70. The Morgan fingerprint density at radius 2 is 1.82 bits per heavy atom. The molecule has 22 heavy (non-hydrogen) atoms. The van der Waals surface area contributed by atoms with Crippen molar-refractivity contribution in [2.24, 2.45) is 0 Å². The van der Waals surface area contributed by atoms with Crippen molar-refractivity contribution in [3.05, 3.63) is 64.7 Å². The summed E-state index contributed by atoms with van der Waals surface area (Å²) in [6.45, 7) is 0.0133. The molecule has 2 aromatic rings. The van der Waals surface area contributed by atoms with E-state index in [-0.39, 0.29) is 17.3 Å². The fraction of sp³-hybridized carbons (Fsp3) is 0.133. The number of halogens is 4. The number of benzene rings is 2. The third kappa shape index (κ3) is 4.66. The fourth-order valence-corrected chi connectivity index (χ4v) is 1.94. The number of ether oxygens (including phenoxy) is 1. The second-order valence-corrected chi connectivity index (χ2v) is 4.85. The molecule has 0 saturated carbocycles. The Morgan fingerprint density at radius 1 is 1.14 bits per heavy atom. The lowest BCUT2D eigenvalue weighted by molar-refractivity contribution is -0.137. The first kappa shape index (κ1) is 16.2. The molecule has 0 spiro atoms. The van der Waals surface area contributed by atoms with Gasteiger partial charge >= 0.3 is 12.3 Å². The molecule has 0 aliphatic rings. The molecule has 0 aliphatic carbocycles. The molecule has 116 valence electrons. The number of carbonyl (C=O) groups is 1. The number of carbonyl (C=O) groups excluding carboxylic acids is 1. The molecule has 7 heteroatoms. The molecule has 1 amide bonds. The topological polar surface area (TPSA) is 38.3 Å². The summed E-state index contributed by atoms with van der Waals surface area (Å²) in [5, 5.41) is 2.09. The molecular weight excluding hydrogens is 319 g/mol. The van der Waals surface area contributed by atoms with E-state index in [4.69, 9.17) is 16.3 Å². The minimum Gasteiger partial charge on any atom is -0.444 e. The number of nitrogens with one attached hydrogen (secondary N) is 1. The lowest BCUT2D eigenvalue weighted by atomic mass is 10.2. The Kier molecular flexibility index (Phi) is 4.92. The number of rotatable bonds is 3. The van der Waals surface area contributed by atoms with Crippen LogP contribution in [-0.4, -0.2) is 6.09 Å². The van der Waals surface area contributed by atoms with Crippen LogP contribution in [0.1, 0.15) is 11.1 Å². The van der Waals surface area contributed by atoms with Crippen LogP contribution in [0.15, 0.2) is 48.5 Å². The summed E-state index contributed by atoms with van der Waals surface area (Å²) in [6, 6.07) is 11.7. The average Bonchev–Trinajstić information content (AvgIpc) is 2.45. The Labute approximate surface area is 129 Å². The van der Waals surface area contributed by atoms with Gasteiger partial charge in [0.25, 0.3) is 0 Å². The standard InChI is InChI=1S/C15H11ClF3NO2/c16-12-6-11(15(17,18)19)7-13(8-12)20-14(21)22-9-10-4-2-1-3-5-10/h1-8H,9H2,(H,20,21). The Balaban J connectivity index is 2.01. The van der Waals surface area contributed by atoms with Gasteiger partial charge in [-0.1, -0.05) is 41.9 Å². The molecule has 0 saturated heterocycles. The molecule has 0 heterocycles. The first-order valence-electron chi connectivity index (χ1n) is 6.20. The number of anilines is 1. The van der Waals surface area contributed by atoms with Gasteiger partial charge in [0.2, 0.25) is 0 Å². The largest absolute Gasteiger partial charge is 0.444 e.